The molecule has 3 saturated heterocycles. The summed E-state index contributed by atoms with van der Waals surface area (Å²) in [5.74, 6) is -5.42. The number of carbonyl (C=O) groups excluding carboxylic acids is 4. The number of aliphatic hydroxyl groups excluding tert-OH is 1. The van der Waals surface area contributed by atoms with Gasteiger partial charge in [0.2, 0.25) is 11.9 Å². The Balaban J connectivity index is 1.20. The normalized spacial score (nSPS) is 18.7. The molecule has 3 fully saturated rings. The Kier molecular flexibility index (Phi) is 18.1. The monoisotopic (exact) mass is 1130 g/mol. The number of anilines is 1. The second-order valence-corrected chi connectivity index (χ2v) is 20.6. The summed E-state index contributed by atoms with van der Waals surface area (Å²) >= 11 is 0. The van der Waals surface area contributed by atoms with Gasteiger partial charge in [0.05, 0.1) is 62.1 Å². The number of amides is 4. The van der Waals surface area contributed by atoms with Crippen LogP contribution in [0.25, 0.3) is 22.4 Å². The average Bonchev–Trinajstić information content (AvgIpc) is 4.34. The maximum atomic E-state index is 16.1. The molecule has 7 rings (SSSR count). The second-order valence-electron chi connectivity index (χ2n) is 20.6. The highest BCUT2D eigenvalue weighted by atomic mass is 19.4. The van der Waals surface area contributed by atoms with E-state index in [4.69, 9.17) is 4.74 Å². The summed E-state index contributed by atoms with van der Waals surface area (Å²) in [7, 11) is 1.61. The molecule has 29 heteroatoms. The zero-order valence-electron chi connectivity index (χ0n) is 43.5. The summed E-state index contributed by atoms with van der Waals surface area (Å²) in [6.45, 7) is 2.24. The Hall–Kier alpha value is -6.85. The molecular formula is C50H59F10N11O8. The van der Waals surface area contributed by atoms with Gasteiger partial charge >= 0.3 is 24.5 Å². The number of aromatic nitrogens is 4. The number of benzene rings is 2. The van der Waals surface area contributed by atoms with Crippen molar-refractivity contribution in [3.63, 3.8) is 0 Å². The molecule has 0 unspecified atom stereocenters. The van der Waals surface area contributed by atoms with E-state index >= 15 is 8.78 Å². The number of hydrogen-bond donors (Lipinski definition) is 5. The standard InChI is InChI=1S/C50H59F10N11O8/c1-47(2,49(55,56)57)40(64-45(75)77-5)42(73)63-37(13-26-7-9-27(10-8-26)29-17-61-44(62-18-29)71-20-30-16-31(71)19-70(30)32-24-79-25-32)38(72)22-69(67-43(74)41(65-46(76)78-6)48(3,4)50(58,59)60)21-33-34(51)14-28(15-35(33)52)36-11-12-68(66-36)23-39(53)54/h7-12,14-15,17-18,30-32,37-41,72H,13,16,19-25H2,1-6H3,(H,63,73)(H,64,75)(H,65,76)(H,67,74)/t30-,31-,37+,38+,40-,41-/m1/s1. The van der Waals surface area contributed by atoms with Crippen molar-refractivity contribution in [2.45, 2.75) is 115 Å². The Bertz CT molecular complexity index is 2780. The van der Waals surface area contributed by atoms with Gasteiger partial charge in [-0.2, -0.15) is 31.4 Å². The van der Waals surface area contributed by atoms with Crippen LogP contribution in [0.15, 0.2) is 61.1 Å². The number of hydrazine groups is 1. The third kappa shape index (κ3) is 13.6. The molecule has 0 saturated carbocycles. The minimum absolute atomic E-state index is 0.153. The maximum Gasteiger partial charge on any atom is 0.407 e. The van der Waals surface area contributed by atoms with Crippen molar-refractivity contribution >= 4 is 29.9 Å². The van der Waals surface area contributed by atoms with E-state index in [-0.39, 0.29) is 17.3 Å². The number of piperazine rings is 1. The van der Waals surface area contributed by atoms with Crippen LogP contribution in [0.2, 0.25) is 0 Å². The van der Waals surface area contributed by atoms with Gasteiger partial charge in [-0.15, -0.1) is 0 Å². The lowest BCUT2D eigenvalue weighted by molar-refractivity contribution is -0.221. The van der Waals surface area contributed by atoms with Crippen LogP contribution < -0.4 is 26.3 Å². The SMILES string of the molecule is COC(=O)N[C@H](C(=O)N[C@@H](Cc1ccc(-c2cnc(N3C[C@H]4C[C@@H]3CN4C3COC3)nc2)cc1)[C@@H](O)CN(Cc1c(F)cc(-c2ccn(CC(F)F)n2)cc1F)NC(=O)[C@@H](NC(=O)OC)C(C)(C)C(F)(F)F)C(C)(C)C(F)(F)F. The molecular weight excluding hydrogens is 1070 g/mol. The zero-order valence-corrected chi connectivity index (χ0v) is 43.5. The smallest absolute Gasteiger partial charge is 0.407 e. The van der Waals surface area contributed by atoms with Crippen LogP contribution >= 0.6 is 0 Å². The molecule has 0 spiro atoms. The number of fused-ring (bicyclic) bond motifs is 2. The highest BCUT2D eigenvalue weighted by molar-refractivity contribution is 5.87. The van der Waals surface area contributed by atoms with E-state index in [1.807, 2.05) is 5.32 Å². The van der Waals surface area contributed by atoms with Crippen LogP contribution in [0.3, 0.4) is 0 Å². The summed E-state index contributed by atoms with van der Waals surface area (Å²) < 4.78 is 161. The van der Waals surface area contributed by atoms with E-state index < -0.39 is 121 Å². The summed E-state index contributed by atoms with van der Waals surface area (Å²) in [5.41, 5.74) is -3.94. The van der Waals surface area contributed by atoms with Gasteiger partial charge in [-0.05, 0) is 69.9 Å². The van der Waals surface area contributed by atoms with Crippen LogP contribution in [0.4, 0.5) is 59.4 Å². The molecule has 4 amide bonds. The number of alkyl carbamates (subject to hydrolysis) is 2. The molecule has 3 aliphatic heterocycles. The lowest BCUT2D eigenvalue weighted by Gasteiger charge is -2.42. The number of methoxy groups -OCH3 is 2. The number of aliphatic hydroxyl groups is 1. The van der Waals surface area contributed by atoms with Gasteiger partial charge in [-0.25, -0.2) is 42.1 Å². The number of nitrogens with one attached hydrogen (secondary N) is 4. The number of likely N-dealkylation sites (tertiary alicyclic amines) is 1. The number of rotatable bonds is 21. The van der Waals surface area contributed by atoms with Crippen LogP contribution in [-0.2, 0) is 43.3 Å². The predicted molar refractivity (Wildman–Crippen MR) is 260 cm³/mol. The van der Waals surface area contributed by atoms with Crippen molar-refractivity contribution < 1.29 is 82.4 Å². The summed E-state index contributed by atoms with van der Waals surface area (Å²) in [6.07, 6.45) is -13.5. The lowest BCUT2D eigenvalue weighted by Crippen LogP contribution is -2.63. The van der Waals surface area contributed by atoms with E-state index in [0.717, 1.165) is 56.7 Å². The van der Waals surface area contributed by atoms with E-state index in [1.165, 1.54) is 18.2 Å². The minimum atomic E-state index is -5.22. The van der Waals surface area contributed by atoms with Gasteiger partial charge in [0.1, 0.15) is 30.3 Å². The van der Waals surface area contributed by atoms with Gasteiger partial charge in [0, 0.05) is 73.5 Å². The second kappa shape index (κ2) is 23.9. The quantitative estimate of drug-likeness (QED) is 0.0496. The molecule has 0 radical (unpaired) electrons. The van der Waals surface area contributed by atoms with Crippen molar-refractivity contribution in [1.82, 2.24) is 51.0 Å². The van der Waals surface area contributed by atoms with Crippen molar-refractivity contribution in [3.8, 4) is 22.4 Å². The molecule has 4 aromatic rings. The number of hydrogen-bond acceptors (Lipinski definition) is 14. The number of nitrogens with zero attached hydrogens (tertiary/aromatic N) is 7. The average molecular weight is 1130 g/mol. The highest BCUT2D eigenvalue weighted by Crippen LogP contribution is 2.42. The first-order valence-corrected chi connectivity index (χ1v) is 24.7. The molecule has 5 heterocycles. The van der Waals surface area contributed by atoms with E-state index in [1.54, 1.807) is 29.8 Å². The van der Waals surface area contributed by atoms with Gasteiger partial charge in [-0.3, -0.25) is 24.6 Å². The lowest BCUT2D eigenvalue weighted by atomic mass is 9.82. The first-order chi connectivity index (χ1) is 37.0. The minimum Gasteiger partial charge on any atom is -0.453 e. The predicted octanol–water partition coefficient (Wildman–Crippen LogP) is 5.76. The van der Waals surface area contributed by atoms with E-state index in [0.29, 0.717) is 80.6 Å². The zero-order chi connectivity index (χ0) is 57.9. The number of alkyl halides is 8. The highest BCUT2D eigenvalue weighted by Gasteiger charge is 2.57. The molecule has 432 valence electrons. The molecule has 5 N–H and O–H groups in total. The van der Waals surface area contributed by atoms with Crippen molar-refractivity contribution in [1.29, 1.82) is 0 Å². The fourth-order valence-electron chi connectivity index (χ4n) is 9.46. The first kappa shape index (κ1) is 59.8. The fraction of sp³-hybridized carbons (Fsp3) is 0.540. The number of carbonyl (C=O) groups is 4. The van der Waals surface area contributed by atoms with Gasteiger partial charge < -0.3 is 40.2 Å². The van der Waals surface area contributed by atoms with Crippen molar-refractivity contribution in [2.75, 3.05) is 52.0 Å². The maximum absolute atomic E-state index is 16.1. The van der Waals surface area contributed by atoms with Crippen LogP contribution in [0.1, 0.15) is 45.2 Å². The summed E-state index contributed by atoms with van der Waals surface area (Å²) in [4.78, 5) is 66.8. The third-order valence-corrected chi connectivity index (χ3v) is 14.6. The molecule has 79 heavy (non-hydrogen) atoms. The fourth-order valence-corrected chi connectivity index (χ4v) is 9.46. The Morgan fingerprint density at radius 1 is 0.772 bits per heavy atom. The summed E-state index contributed by atoms with van der Waals surface area (Å²) in [5, 5.41) is 22.5. The van der Waals surface area contributed by atoms with Crippen LogP contribution in [0, 0.1) is 22.5 Å². The van der Waals surface area contributed by atoms with Gasteiger partial charge in [0.15, 0.2) is 0 Å². The van der Waals surface area contributed by atoms with Crippen LogP contribution in [-0.4, -0.2) is 167 Å². The van der Waals surface area contributed by atoms with Crippen molar-refractivity contribution in [2.24, 2.45) is 10.8 Å². The number of ether oxygens (including phenoxy) is 3. The molecule has 2 aromatic heterocycles. The Labute approximate surface area is 446 Å². The van der Waals surface area contributed by atoms with E-state index in [2.05, 4.69) is 45.1 Å². The molecule has 3 aliphatic rings. The van der Waals surface area contributed by atoms with Crippen molar-refractivity contribution in [3.05, 3.63) is 83.8 Å². The molecule has 2 bridgehead atoms. The molecule has 6 atom stereocenters. The number of halogens is 10. The Morgan fingerprint density at radius 2 is 1.34 bits per heavy atom. The Morgan fingerprint density at radius 3 is 1.84 bits per heavy atom. The van der Waals surface area contributed by atoms with E-state index in [9.17, 15) is 59.4 Å². The topological polar surface area (TPSA) is 218 Å². The molecule has 19 nitrogen and oxygen atoms in total. The van der Waals surface area contributed by atoms with Crippen LogP contribution in [0.5, 0.6) is 0 Å². The molecule has 2 aromatic carbocycles. The third-order valence-electron chi connectivity index (χ3n) is 14.6. The van der Waals surface area contributed by atoms with Gasteiger partial charge in [0.25, 0.3) is 12.3 Å². The first-order valence-electron chi connectivity index (χ1n) is 24.7. The molecule has 0 aliphatic carbocycles. The largest absolute Gasteiger partial charge is 0.453 e. The van der Waals surface area contributed by atoms with Gasteiger partial charge in [-0.1, -0.05) is 24.3 Å². The summed E-state index contributed by atoms with van der Waals surface area (Å²) in [6, 6.07) is 3.17.